The Bertz CT molecular complexity index is 115. The molecule has 0 aliphatic heterocycles. The fraction of sp³-hybridized carbons (Fsp3) is 1.00. The molecule has 2 heteroatoms. The third-order valence-electron chi connectivity index (χ3n) is 2.81. The van der Waals surface area contributed by atoms with Crippen LogP contribution >= 0.6 is 0 Å². The van der Waals surface area contributed by atoms with Crippen molar-refractivity contribution in [2.75, 3.05) is 26.7 Å². The molecule has 0 spiro atoms. The van der Waals surface area contributed by atoms with Crippen LogP contribution in [0.4, 0.5) is 0 Å². The highest BCUT2D eigenvalue weighted by Gasteiger charge is 2.15. The van der Waals surface area contributed by atoms with E-state index in [1.54, 1.807) is 0 Å². The first kappa shape index (κ1) is 12.9. The van der Waals surface area contributed by atoms with Crippen LogP contribution in [-0.4, -0.2) is 37.6 Å². The van der Waals surface area contributed by atoms with Gasteiger partial charge in [0.25, 0.3) is 0 Å². The standard InChI is InChI=1S/C11H26N2/c1-6-8-13(5)11(4)10(3)9-12-7-2/h10-12H,6-9H2,1-5H3. The number of hydrogen-bond donors (Lipinski definition) is 1. The molecule has 0 aromatic carbocycles. The minimum Gasteiger partial charge on any atom is -0.317 e. The first-order valence-corrected chi connectivity index (χ1v) is 5.54. The van der Waals surface area contributed by atoms with Crippen LogP contribution in [0.1, 0.15) is 34.1 Å². The summed E-state index contributed by atoms with van der Waals surface area (Å²) >= 11 is 0. The van der Waals surface area contributed by atoms with E-state index in [0.717, 1.165) is 19.0 Å². The van der Waals surface area contributed by atoms with E-state index in [9.17, 15) is 0 Å². The molecule has 0 saturated heterocycles. The van der Waals surface area contributed by atoms with Gasteiger partial charge in [0, 0.05) is 6.04 Å². The zero-order valence-corrected chi connectivity index (χ0v) is 9.93. The monoisotopic (exact) mass is 186 g/mol. The van der Waals surface area contributed by atoms with Gasteiger partial charge in [0.2, 0.25) is 0 Å². The first-order chi connectivity index (χ1) is 6.13. The molecule has 0 aromatic heterocycles. The van der Waals surface area contributed by atoms with Gasteiger partial charge in [-0.1, -0.05) is 20.8 Å². The van der Waals surface area contributed by atoms with Crippen molar-refractivity contribution in [3.63, 3.8) is 0 Å². The third-order valence-corrected chi connectivity index (χ3v) is 2.81. The molecule has 2 atom stereocenters. The summed E-state index contributed by atoms with van der Waals surface area (Å²) in [4.78, 5) is 2.45. The topological polar surface area (TPSA) is 15.3 Å². The zero-order chi connectivity index (χ0) is 10.3. The summed E-state index contributed by atoms with van der Waals surface area (Å²) in [5, 5.41) is 3.40. The molecule has 0 bridgehead atoms. The van der Waals surface area contributed by atoms with Crippen molar-refractivity contribution in [3.05, 3.63) is 0 Å². The Balaban J connectivity index is 3.71. The quantitative estimate of drug-likeness (QED) is 0.654. The predicted molar refractivity (Wildman–Crippen MR) is 60.1 cm³/mol. The Kier molecular flexibility index (Phi) is 7.29. The Hall–Kier alpha value is -0.0800. The van der Waals surface area contributed by atoms with Crippen LogP contribution in [-0.2, 0) is 0 Å². The number of rotatable bonds is 7. The fourth-order valence-electron chi connectivity index (χ4n) is 1.53. The molecule has 80 valence electrons. The van der Waals surface area contributed by atoms with Crippen LogP contribution in [0.5, 0.6) is 0 Å². The summed E-state index contributed by atoms with van der Waals surface area (Å²) in [7, 11) is 2.22. The van der Waals surface area contributed by atoms with Crippen LogP contribution in [0.2, 0.25) is 0 Å². The Morgan fingerprint density at radius 1 is 1.23 bits per heavy atom. The summed E-state index contributed by atoms with van der Waals surface area (Å²) in [6.45, 7) is 12.4. The predicted octanol–water partition coefficient (Wildman–Crippen LogP) is 1.96. The summed E-state index contributed by atoms with van der Waals surface area (Å²) < 4.78 is 0. The van der Waals surface area contributed by atoms with Crippen molar-refractivity contribution >= 4 is 0 Å². The molecule has 2 unspecified atom stereocenters. The van der Waals surface area contributed by atoms with E-state index in [-0.39, 0.29) is 0 Å². The van der Waals surface area contributed by atoms with Crippen molar-refractivity contribution in [3.8, 4) is 0 Å². The third kappa shape index (κ3) is 5.27. The van der Waals surface area contributed by atoms with Gasteiger partial charge in [0.05, 0.1) is 0 Å². The maximum absolute atomic E-state index is 3.40. The van der Waals surface area contributed by atoms with E-state index < -0.39 is 0 Å². The molecular formula is C11H26N2. The molecular weight excluding hydrogens is 160 g/mol. The molecule has 0 fully saturated rings. The van der Waals surface area contributed by atoms with Crippen LogP contribution in [0.25, 0.3) is 0 Å². The van der Waals surface area contributed by atoms with Gasteiger partial charge in [-0.25, -0.2) is 0 Å². The summed E-state index contributed by atoms with van der Waals surface area (Å²) in [6, 6.07) is 0.680. The van der Waals surface area contributed by atoms with Crippen molar-refractivity contribution in [2.24, 2.45) is 5.92 Å². The fourth-order valence-corrected chi connectivity index (χ4v) is 1.53. The van der Waals surface area contributed by atoms with Gasteiger partial charge in [0.15, 0.2) is 0 Å². The molecule has 0 heterocycles. The summed E-state index contributed by atoms with van der Waals surface area (Å²) in [5.74, 6) is 0.733. The van der Waals surface area contributed by atoms with E-state index >= 15 is 0 Å². The molecule has 0 radical (unpaired) electrons. The Morgan fingerprint density at radius 3 is 2.31 bits per heavy atom. The van der Waals surface area contributed by atoms with Crippen molar-refractivity contribution in [1.29, 1.82) is 0 Å². The van der Waals surface area contributed by atoms with Crippen molar-refractivity contribution in [1.82, 2.24) is 10.2 Å². The smallest absolute Gasteiger partial charge is 0.0102 e. The first-order valence-electron chi connectivity index (χ1n) is 5.54. The highest BCUT2D eigenvalue weighted by molar-refractivity contribution is 4.71. The van der Waals surface area contributed by atoms with E-state index in [4.69, 9.17) is 0 Å². The van der Waals surface area contributed by atoms with Crippen molar-refractivity contribution < 1.29 is 0 Å². The maximum atomic E-state index is 3.40. The normalized spacial score (nSPS) is 16.2. The zero-order valence-electron chi connectivity index (χ0n) is 9.93. The van der Waals surface area contributed by atoms with Gasteiger partial charge in [-0.05, 0) is 45.9 Å². The lowest BCUT2D eigenvalue weighted by molar-refractivity contribution is 0.197. The van der Waals surface area contributed by atoms with Gasteiger partial charge < -0.3 is 10.2 Å². The molecule has 13 heavy (non-hydrogen) atoms. The second kappa shape index (κ2) is 7.34. The van der Waals surface area contributed by atoms with Crippen LogP contribution in [0.15, 0.2) is 0 Å². The minimum absolute atomic E-state index is 0.680. The van der Waals surface area contributed by atoms with E-state index in [2.05, 4.69) is 45.0 Å². The molecule has 0 amide bonds. The van der Waals surface area contributed by atoms with Crippen LogP contribution < -0.4 is 5.32 Å². The molecule has 0 rings (SSSR count). The average molecular weight is 186 g/mol. The van der Waals surface area contributed by atoms with Gasteiger partial charge >= 0.3 is 0 Å². The average Bonchev–Trinajstić information content (AvgIpc) is 2.13. The SMILES string of the molecule is CCCN(C)C(C)C(C)CNCC. The number of hydrogen-bond acceptors (Lipinski definition) is 2. The lowest BCUT2D eigenvalue weighted by Gasteiger charge is -2.29. The maximum Gasteiger partial charge on any atom is 0.0102 e. The Morgan fingerprint density at radius 2 is 1.85 bits per heavy atom. The lowest BCUT2D eigenvalue weighted by Crippen LogP contribution is -2.39. The summed E-state index contributed by atoms with van der Waals surface area (Å²) in [6.07, 6.45) is 1.24. The van der Waals surface area contributed by atoms with Gasteiger partial charge in [0.1, 0.15) is 0 Å². The van der Waals surface area contributed by atoms with E-state index in [1.165, 1.54) is 13.0 Å². The minimum atomic E-state index is 0.680. The largest absolute Gasteiger partial charge is 0.317 e. The second-order valence-corrected chi connectivity index (χ2v) is 4.01. The molecule has 2 nitrogen and oxygen atoms in total. The van der Waals surface area contributed by atoms with E-state index in [0.29, 0.717) is 6.04 Å². The molecule has 1 N–H and O–H groups in total. The van der Waals surface area contributed by atoms with Gasteiger partial charge in [-0.2, -0.15) is 0 Å². The summed E-state index contributed by atoms with van der Waals surface area (Å²) in [5.41, 5.74) is 0. The highest BCUT2D eigenvalue weighted by Crippen LogP contribution is 2.08. The van der Waals surface area contributed by atoms with Crippen LogP contribution in [0.3, 0.4) is 0 Å². The molecule has 0 aliphatic rings. The second-order valence-electron chi connectivity index (χ2n) is 4.01. The molecule has 0 aromatic rings. The number of nitrogens with zero attached hydrogens (tertiary/aromatic N) is 1. The molecule has 0 aliphatic carbocycles. The van der Waals surface area contributed by atoms with Crippen LogP contribution in [0, 0.1) is 5.92 Å². The van der Waals surface area contributed by atoms with Crippen molar-refractivity contribution in [2.45, 2.75) is 40.2 Å². The van der Waals surface area contributed by atoms with Gasteiger partial charge in [-0.15, -0.1) is 0 Å². The Labute approximate surface area is 83.7 Å². The van der Waals surface area contributed by atoms with Gasteiger partial charge in [-0.3, -0.25) is 0 Å². The lowest BCUT2D eigenvalue weighted by atomic mass is 10.0. The highest BCUT2D eigenvalue weighted by atomic mass is 15.1. The number of nitrogens with one attached hydrogen (secondary N) is 1. The van der Waals surface area contributed by atoms with E-state index in [1.807, 2.05) is 0 Å². The molecule has 0 saturated carbocycles.